The van der Waals surface area contributed by atoms with E-state index in [-0.39, 0.29) is 21.5 Å². The lowest BCUT2D eigenvalue weighted by atomic mass is 10.3. The fraction of sp³-hybridized carbons (Fsp3) is 0.105. The van der Waals surface area contributed by atoms with Crippen LogP contribution in [0.3, 0.4) is 0 Å². The molecule has 1 aromatic heterocycles. The van der Waals surface area contributed by atoms with Gasteiger partial charge < -0.3 is 4.74 Å². The lowest BCUT2D eigenvalue weighted by Gasteiger charge is -2.11. The molecule has 2 aromatic carbocycles. The van der Waals surface area contributed by atoms with E-state index in [9.17, 15) is 21.6 Å². The van der Waals surface area contributed by atoms with E-state index in [2.05, 4.69) is 9.71 Å². The van der Waals surface area contributed by atoms with Crippen molar-refractivity contribution in [3.05, 3.63) is 71.4 Å². The molecule has 0 fully saturated rings. The van der Waals surface area contributed by atoms with Crippen molar-refractivity contribution >= 4 is 39.1 Å². The van der Waals surface area contributed by atoms with E-state index in [1.807, 2.05) is 12.3 Å². The first-order valence-electron chi connectivity index (χ1n) is 8.26. The molecule has 11 heteroatoms. The zero-order chi connectivity index (χ0) is 21.9. The predicted octanol–water partition coefficient (Wildman–Crippen LogP) is 6.07. The van der Waals surface area contributed by atoms with Gasteiger partial charge in [0.2, 0.25) is 5.88 Å². The number of thioether (sulfide) groups is 1. The Bertz CT molecular complexity index is 1150. The standard InChI is InChI=1S/C19H14ClF3N2O3S2/c1-29-15-4-2-3-13(10-15)25-30(26,27)16-7-5-14(6-8-16)28-18-17(20)9-12(11-24-18)19(21,22)23/h2-11,25H,1H3. The maximum Gasteiger partial charge on any atom is 0.417 e. The summed E-state index contributed by atoms with van der Waals surface area (Å²) in [6, 6.07) is 12.9. The molecule has 1 N–H and O–H groups in total. The molecule has 0 amide bonds. The average Bonchev–Trinajstić information content (AvgIpc) is 2.69. The van der Waals surface area contributed by atoms with Crippen molar-refractivity contribution in [2.24, 2.45) is 0 Å². The zero-order valence-electron chi connectivity index (χ0n) is 15.3. The summed E-state index contributed by atoms with van der Waals surface area (Å²) in [6.07, 6.45) is -2.09. The second kappa shape index (κ2) is 8.75. The highest BCUT2D eigenvalue weighted by molar-refractivity contribution is 7.98. The van der Waals surface area contributed by atoms with Gasteiger partial charge in [0, 0.05) is 16.8 Å². The van der Waals surface area contributed by atoms with Crippen LogP contribution in [0, 0.1) is 0 Å². The second-order valence-corrected chi connectivity index (χ2v) is 8.89. The van der Waals surface area contributed by atoms with E-state index < -0.39 is 21.8 Å². The first kappa shape index (κ1) is 22.3. The Kier molecular flexibility index (Phi) is 6.49. The van der Waals surface area contributed by atoms with Gasteiger partial charge in [-0.3, -0.25) is 4.72 Å². The molecule has 0 spiro atoms. The number of alkyl halides is 3. The number of nitrogens with zero attached hydrogens (tertiary/aromatic N) is 1. The van der Waals surface area contributed by atoms with Crippen molar-refractivity contribution < 1.29 is 26.3 Å². The first-order chi connectivity index (χ1) is 14.1. The molecular weight excluding hydrogens is 461 g/mol. The minimum atomic E-state index is -4.58. The normalized spacial score (nSPS) is 11.9. The van der Waals surface area contributed by atoms with Crippen molar-refractivity contribution in [3.63, 3.8) is 0 Å². The summed E-state index contributed by atoms with van der Waals surface area (Å²) in [7, 11) is -3.84. The maximum atomic E-state index is 12.7. The highest BCUT2D eigenvalue weighted by Gasteiger charge is 2.31. The van der Waals surface area contributed by atoms with Crippen LogP contribution in [-0.4, -0.2) is 19.7 Å². The summed E-state index contributed by atoms with van der Waals surface area (Å²) >= 11 is 7.29. The fourth-order valence-electron chi connectivity index (χ4n) is 2.35. The number of ether oxygens (including phenoxy) is 1. The Morgan fingerprint density at radius 2 is 1.80 bits per heavy atom. The molecular formula is C19H14ClF3N2O3S2. The van der Waals surface area contributed by atoms with Crippen LogP contribution < -0.4 is 9.46 Å². The number of hydrogen-bond acceptors (Lipinski definition) is 5. The molecule has 30 heavy (non-hydrogen) atoms. The molecule has 0 aliphatic rings. The van der Waals surface area contributed by atoms with Gasteiger partial charge in [0.15, 0.2) is 0 Å². The highest BCUT2D eigenvalue weighted by Crippen LogP contribution is 2.34. The van der Waals surface area contributed by atoms with E-state index in [1.54, 1.807) is 18.2 Å². The van der Waals surface area contributed by atoms with E-state index >= 15 is 0 Å². The summed E-state index contributed by atoms with van der Waals surface area (Å²) in [6.45, 7) is 0. The van der Waals surface area contributed by atoms with Crippen LogP contribution in [-0.2, 0) is 16.2 Å². The number of anilines is 1. The third-order valence-electron chi connectivity index (χ3n) is 3.81. The van der Waals surface area contributed by atoms with Crippen LogP contribution in [0.1, 0.15) is 5.56 Å². The van der Waals surface area contributed by atoms with E-state index in [1.165, 1.54) is 36.0 Å². The molecule has 0 aliphatic heterocycles. The number of halogens is 4. The van der Waals surface area contributed by atoms with Gasteiger partial charge in [0.25, 0.3) is 10.0 Å². The average molecular weight is 475 g/mol. The van der Waals surface area contributed by atoms with Gasteiger partial charge >= 0.3 is 6.18 Å². The fourth-order valence-corrected chi connectivity index (χ4v) is 4.07. The number of aromatic nitrogens is 1. The number of benzene rings is 2. The first-order valence-corrected chi connectivity index (χ1v) is 11.3. The number of pyridine rings is 1. The summed E-state index contributed by atoms with van der Waals surface area (Å²) in [5.74, 6) is -0.0697. The van der Waals surface area contributed by atoms with Crippen molar-refractivity contribution in [1.29, 1.82) is 0 Å². The summed E-state index contributed by atoms with van der Waals surface area (Å²) in [5.41, 5.74) is -0.583. The minimum absolute atomic E-state index is 0.0177. The number of nitrogens with one attached hydrogen (secondary N) is 1. The molecule has 1 heterocycles. The lowest BCUT2D eigenvalue weighted by Crippen LogP contribution is -2.12. The molecule has 3 aromatic rings. The minimum Gasteiger partial charge on any atom is -0.438 e. The van der Waals surface area contributed by atoms with Crippen molar-refractivity contribution in [1.82, 2.24) is 4.98 Å². The number of sulfonamides is 1. The van der Waals surface area contributed by atoms with E-state index in [0.717, 1.165) is 4.90 Å². The Labute approximate surface area is 180 Å². The highest BCUT2D eigenvalue weighted by atomic mass is 35.5. The molecule has 0 atom stereocenters. The van der Waals surface area contributed by atoms with Gasteiger partial charge in [0.1, 0.15) is 10.8 Å². The molecule has 3 rings (SSSR count). The third-order valence-corrected chi connectivity index (χ3v) is 6.20. The Morgan fingerprint density at radius 1 is 1.10 bits per heavy atom. The quantitative estimate of drug-likeness (QED) is 0.439. The van der Waals surface area contributed by atoms with Gasteiger partial charge in [-0.15, -0.1) is 11.8 Å². The Morgan fingerprint density at radius 3 is 2.40 bits per heavy atom. The van der Waals surface area contributed by atoms with Crippen LogP contribution >= 0.6 is 23.4 Å². The summed E-state index contributed by atoms with van der Waals surface area (Å²) in [4.78, 5) is 4.46. The molecule has 158 valence electrons. The van der Waals surface area contributed by atoms with Crippen LogP contribution in [0.5, 0.6) is 11.6 Å². The number of hydrogen-bond donors (Lipinski definition) is 1. The predicted molar refractivity (Wildman–Crippen MR) is 110 cm³/mol. The van der Waals surface area contributed by atoms with Crippen molar-refractivity contribution in [2.45, 2.75) is 16.0 Å². The van der Waals surface area contributed by atoms with Gasteiger partial charge in [-0.2, -0.15) is 13.2 Å². The molecule has 0 bridgehead atoms. The monoisotopic (exact) mass is 474 g/mol. The van der Waals surface area contributed by atoms with Crippen LogP contribution in [0.25, 0.3) is 0 Å². The lowest BCUT2D eigenvalue weighted by molar-refractivity contribution is -0.137. The van der Waals surface area contributed by atoms with E-state index in [0.29, 0.717) is 18.0 Å². The van der Waals surface area contributed by atoms with Crippen LogP contribution in [0.4, 0.5) is 18.9 Å². The van der Waals surface area contributed by atoms with E-state index in [4.69, 9.17) is 16.3 Å². The Hall–Kier alpha value is -2.43. The summed E-state index contributed by atoms with van der Waals surface area (Å²) in [5, 5.41) is -0.322. The molecule has 0 aliphatic carbocycles. The van der Waals surface area contributed by atoms with Crippen molar-refractivity contribution in [3.8, 4) is 11.6 Å². The van der Waals surface area contributed by atoms with Crippen LogP contribution in [0.2, 0.25) is 5.02 Å². The number of rotatable bonds is 6. The smallest absolute Gasteiger partial charge is 0.417 e. The molecule has 0 saturated carbocycles. The van der Waals surface area contributed by atoms with Crippen molar-refractivity contribution in [2.75, 3.05) is 11.0 Å². The largest absolute Gasteiger partial charge is 0.438 e. The summed E-state index contributed by atoms with van der Waals surface area (Å²) < 4.78 is 71.0. The molecule has 5 nitrogen and oxygen atoms in total. The molecule has 0 saturated heterocycles. The second-order valence-electron chi connectivity index (χ2n) is 5.92. The van der Waals surface area contributed by atoms with Gasteiger partial charge in [0.05, 0.1) is 10.5 Å². The molecule has 0 radical (unpaired) electrons. The SMILES string of the molecule is CSc1cccc(NS(=O)(=O)c2ccc(Oc3ncc(C(F)(F)F)cc3Cl)cc2)c1. The van der Waals surface area contributed by atoms with Gasteiger partial charge in [-0.1, -0.05) is 17.7 Å². The zero-order valence-corrected chi connectivity index (χ0v) is 17.7. The molecule has 0 unspecified atom stereocenters. The third kappa shape index (κ3) is 5.38. The van der Waals surface area contributed by atoms with Gasteiger partial charge in [-0.25, -0.2) is 13.4 Å². The Balaban J connectivity index is 1.76. The van der Waals surface area contributed by atoms with Gasteiger partial charge in [-0.05, 0) is 54.8 Å². The van der Waals surface area contributed by atoms with Crippen LogP contribution in [0.15, 0.2) is 70.6 Å². The topological polar surface area (TPSA) is 68.3 Å². The maximum absolute atomic E-state index is 12.7.